The van der Waals surface area contributed by atoms with E-state index in [1.165, 1.54) is 22.9 Å². The molecule has 0 aliphatic carbocycles. The van der Waals surface area contributed by atoms with Crippen molar-refractivity contribution in [3.63, 3.8) is 0 Å². The maximum absolute atomic E-state index is 12.6. The summed E-state index contributed by atoms with van der Waals surface area (Å²) in [5.41, 5.74) is 2.28. The van der Waals surface area contributed by atoms with Crippen LogP contribution in [0.1, 0.15) is 25.1 Å². The van der Waals surface area contributed by atoms with Crippen LogP contribution in [-0.2, 0) is 16.0 Å². The van der Waals surface area contributed by atoms with Crippen LogP contribution in [0.15, 0.2) is 48.5 Å². The molecule has 2 heterocycles. The maximum atomic E-state index is 12.6. The van der Waals surface area contributed by atoms with Gasteiger partial charge in [-0.1, -0.05) is 42.8 Å². The molecule has 1 aliphatic heterocycles. The maximum Gasteiger partial charge on any atom is 0.292 e. The Morgan fingerprint density at radius 3 is 2.65 bits per heavy atom. The highest BCUT2D eigenvalue weighted by molar-refractivity contribution is 6.30. The molecule has 2 aromatic carbocycles. The van der Waals surface area contributed by atoms with Gasteiger partial charge in [0.05, 0.1) is 17.0 Å². The number of anilines is 2. The Kier molecular flexibility index (Phi) is 5.43. The third-order valence-corrected chi connectivity index (χ3v) is 5.30. The minimum Gasteiger partial charge on any atom is -0.320 e. The van der Waals surface area contributed by atoms with E-state index in [0.29, 0.717) is 17.3 Å². The Morgan fingerprint density at radius 2 is 1.97 bits per heavy atom. The fourth-order valence-electron chi connectivity index (χ4n) is 3.60. The van der Waals surface area contributed by atoms with Crippen LogP contribution in [0.5, 0.6) is 0 Å². The Morgan fingerprint density at radius 1 is 1.26 bits per heavy atom. The number of hydrogen-bond acceptors (Lipinski definition) is 5. The zero-order chi connectivity index (χ0) is 22.1. The number of para-hydroxylation sites is 2. The molecule has 2 N–H and O–H groups in total. The van der Waals surface area contributed by atoms with Gasteiger partial charge in [-0.3, -0.25) is 19.7 Å². The lowest BCUT2D eigenvalue weighted by molar-refractivity contribution is -0.383. The lowest BCUT2D eigenvalue weighted by Crippen LogP contribution is -2.24. The number of nitrogens with one attached hydrogen (secondary N) is 2. The molecule has 4 rings (SSSR count). The minimum absolute atomic E-state index is 0.0766. The average Bonchev–Trinajstić information content (AvgIpc) is 3.24. The second-order valence-corrected chi connectivity index (χ2v) is 7.44. The van der Waals surface area contributed by atoms with Crippen molar-refractivity contribution in [3.8, 4) is 11.1 Å². The van der Waals surface area contributed by atoms with E-state index in [0.717, 1.165) is 16.8 Å². The number of rotatable bonds is 6. The van der Waals surface area contributed by atoms with Gasteiger partial charge in [-0.2, -0.15) is 5.10 Å². The Balaban J connectivity index is 1.61. The van der Waals surface area contributed by atoms with Crippen molar-refractivity contribution in [1.29, 1.82) is 0 Å². The van der Waals surface area contributed by atoms with Crippen molar-refractivity contribution >= 4 is 40.6 Å². The van der Waals surface area contributed by atoms with Crippen LogP contribution in [0.4, 0.5) is 17.2 Å². The third kappa shape index (κ3) is 3.87. The van der Waals surface area contributed by atoms with Gasteiger partial charge in [-0.05, 0) is 30.2 Å². The number of halogens is 1. The third-order valence-electron chi connectivity index (χ3n) is 5.04. The van der Waals surface area contributed by atoms with E-state index < -0.39 is 16.9 Å². The highest BCUT2D eigenvalue weighted by atomic mass is 35.5. The molecule has 0 bridgehead atoms. The Bertz CT molecular complexity index is 1190. The van der Waals surface area contributed by atoms with Crippen LogP contribution < -0.4 is 10.6 Å². The van der Waals surface area contributed by atoms with Crippen LogP contribution in [0.3, 0.4) is 0 Å². The molecule has 0 spiro atoms. The summed E-state index contributed by atoms with van der Waals surface area (Å²) in [6.07, 6.45) is 0.415. The summed E-state index contributed by atoms with van der Waals surface area (Å²) in [6.45, 7) is 1.95. The van der Waals surface area contributed by atoms with Gasteiger partial charge in [0.1, 0.15) is 17.5 Å². The summed E-state index contributed by atoms with van der Waals surface area (Å²) in [6, 6.07) is 12.2. The van der Waals surface area contributed by atoms with Gasteiger partial charge in [0.15, 0.2) is 0 Å². The van der Waals surface area contributed by atoms with Gasteiger partial charge in [0, 0.05) is 16.7 Å². The molecule has 1 atom stereocenters. The van der Waals surface area contributed by atoms with E-state index in [2.05, 4.69) is 15.7 Å². The minimum atomic E-state index is -0.857. The molecule has 3 aromatic rings. The molecule has 158 valence electrons. The number of amides is 2. The van der Waals surface area contributed by atoms with Crippen LogP contribution in [-0.4, -0.2) is 26.5 Å². The van der Waals surface area contributed by atoms with Crippen molar-refractivity contribution in [2.75, 3.05) is 10.6 Å². The van der Waals surface area contributed by atoms with E-state index in [-0.39, 0.29) is 23.7 Å². The highest BCUT2D eigenvalue weighted by Gasteiger charge is 2.37. The van der Waals surface area contributed by atoms with Gasteiger partial charge in [0.25, 0.3) is 11.6 Å². The molecule has 31 heavy (non-hydrogen) atoms. The van der Waals surface area contributed by atoms with E-state index in [4.69, 9.17) is 11.6 Å². The van der Waals surface area contributed by atoms with Crippen LogP contribution in [0.25, 0.3) is 11.1 Å². The second-order valence-electron chi connectivity index (χ2n) is 7.01. The fraction of sp³-hybridized carbons (Fsp3) is 0.190. The largest absolute Gasteiger partial charge is 0.320 e. The first kappa shape index (κ1) is 20.5. The van der Waals surface area contributed by atoms with Crippen molar-refractivity contribution in [2.24, 2.45) is 0 Å². The molecule has 0 fully saturated rings. The summed E-state index contributed by atoms with van der Waals surface area (Å²) in [7, 11) is 0. The smallest absolute Gasteiger partial charge is 0.292 e. The Hall–Kier alpha value is -3.72. The summed E-state index contributed by atoms with van der Waals surface area (Å²) in [4.78, 5) is 35.8. The van der Waals surface area contributed by atoms with Crippen molar-refractivity contribution in [1.82, 2.24) is 9.78 Å². The van der Waals surface area contributed by atoms with Gasteiger partial charge < -0.3 is 10.6 Å². The zero-order valence-corrected chi connectivity index (χ0v) is 17.2. The lowest BCUT2D eigenvalue weighted by atomic mass is 10.0. The predicted octanol–water partition coefficient (Wildman–Crippen LogP) is 4.20. The summed E-state index contributed by atoms with van der Waals surface area (Å²) >= 11 is 5.99. The highest BCUT2D eigenvalue weighted by Crippen LogP contribution is 2.39. The number of nitro groups is 1. The summed E-state index contributed by atoms with van der Waals surface area (Å²) in [5.74, 6) is -0.366. The molecular formula is C21H18ClN5O4. The SMILES string of the molecule is CCc1nn2c(c1-c1ccc(Cl)cc1)NC(=O)C2CC(=O)Nc1ccccc1[N+](=O)[O-]. The van der Waals surface area contributed by atoms with Gasteiger partial charge in [-0.25, -0.2) is 4.68 Å². The number of nitrogens with zero attached hydrogens (tertiary/aromatic N) is 3. The number of fused-ring (bicyclic) bond motifs is 1. The molecule has 0 radical (unpaired) electrons. The molecule has 2 amide bonds. The molecule has 10 heteroatoms. The summed E-state index contributed by atoms with van der Waals surface area (Å²) in [5, 5.41) is 21.7. The van der Waals surface area contributed by atoms with E-state index in [1.54, 1.807) is 18.2 Å². The first-order valence-corrected chi connectivity index (χ1v) is 9.98. The number of nitro benzene ring substituents is 1. The predicted molar refractivity (Wildman–Crippen MR) is 116 cm³/mol. The van der Waals surface area contributed by atoms with Crippen molar-refractivity contribution in [3.05, 3.63) is 69.4 Å². The van der Waals surface area contributed by atoms with Crippen LogP contribution in [0, 0.1) is 10.1 Å². The van der Waals surface area contributed by atoms with Crippen LogP contribution in [0.2, 0.25) is 5.02 Å². The fourth-order valence-corrected chi connectivity index (χ4v) is 3.73. The topological polar surface area (TPSA) is 119 Å². The van der Waals surface area contributed by atoms with Gasteiger partial charge in [-0.15, -0.1) is 0 Å². The van der Waals surface area contributed by atoms with E-state index in [1.807, 2.05) is 19.1 Å². The number of carbonyl (C=O) groups is 2. The van der Waals surface area contributed by atoms with E-state index in [9.17, 15) is 19.7 Å². The van der Waals surface area contributed by atoms with Crippen molar-refractivity contribution < 1.29 is 14.5 Å². The molecule has 1 aliphatic rings. The van der Waals surface area contributed by atoms with Gasteiger partial charge >= 0.3 is 0 Å². The monoisotopic (exact) mass is 439 g/mol. The second kappa shape index (κ2) is 8.19. The number of aromatic nitrogens is 2. The molecule has 9 nitrogen and oxygen atoms in total. The number of hydrogen-bond donors (Lipinski definition) is 2. The molecular weight excluding hydrogens is 422 g/mol. The number of carbonyl (C=O) groups excluding carboxylic acids is 2. The molecule has 1 aromatic heterocycles. The zero-order valence-electron chi connectivity index (χ0n) is 16.5. The first-order valence-electron chi connectivity index (χ1n) is 9.60. The summed E-state index contributed by atoms with van der Waals surface area (Å²) < 4.78 is 1.52. The van der Waals surface area contributed by atoms with E-state index >= 15 is 0 Å². The standard InChI is InChI=1S/C21H18ClN5O4/c1-2-14-19(12-7-9-13(22)10-8-12)20-24-21(29)17(26(20)25-14)11-18(28)23-15-5-3-4-6-16(15)27(30)31/h3-10,17H,2,11H2,1H3,(H,23,28)(H,24,29). The Labute approximate surface area is 182 Å². The molecule has 0 saturated heterocycles. The normalized spacial score (nSPS) is 14.8. The van der Waals surface area contributed by atoms with Crippen LogP contribution >= 0.6 is 11.6 Å². The number of benzene rings is 2. The first-order chi connectivity index (χ1) is 14.9. The molecule has 0 saturated carbocycles. The van der Waals surface area contributed by atoms with Gasteiger partial charge in [0.2, 0.25) is 5.91 Å². The lowest BCUT2D eigenvalue weighted by Gasteiger charge is -2.10. The quantitative estimate of drug-likeness (QED) is 0.440. The average molecular weight is 440 g/mol. The van der Waals surface area contributed by atoms with Crippen molar-refractivity contribution in [2.45, 2.75) is 25.8 Å². The number of aryl methyl sites for hydroxylation is 1. The molecule has 1 unspecified atom stereocenters.